The maximum absolute atomic E-state index is 13.0. The van der Waals surface area contributed by atoms with Crippen LogP contribution in [-0.4, -0.2) is 18.8 Å². The first-order valence-corrected chi connectivity index (χ1v) is 10.6. The SMILES string of the molecule is C=CCc1cc(C(=O)Nc2cccc(C(=O)c3ccc(C(C)(C)C)cc3)c2)ccc1OC. The number of hydrogen-bond acceptors (Lipinski definition) is 3. The lowest BCUT2D eigenvalue weighted by Crippen LogP contribution is -2.13. The van der Waals surface area contributed by atoms with Gasteiger partial charge in [0, 0.05) is 22.4 Å². The van der Waals surface area contributed by atoms with Gasteiger partial charge in [-0.2, -0.15) is 0 Å². The quantitative estimate of drug-likeness (QED) is 0.360. The summed E-state index contributed by atoms with van der Waals surface area (Å²) in [5.74, 6) is 0.378. The van der Waals surface area contributed by atoms with Gasteiger partial charge >= 0.3 is 0 Å². The summed E-state index contributed by atoms with van der Waals surface area (Å²) < 4.78 is 5.34. The molecule has 0 aliphatic carbocycles. The number of nitrogens with one attached hydrogen (secondary N) is 1. The minimum atomic E-state index is -0.253. The minimum Gasteiger partial charge on any atom is -0.496 e. The Kier molecular flexibility index (Phi) is 6.94. The molecule has 3 rings (SSSR count). The van der Waals surface area contributed by atoms with Crippen molar-refractivity contribution >= 4 is 17.4 Å². The van der Waals surface area contributed by atoms with Crippen LogP contribution in [0.25, 0.3) is 0 Å². The number of benzene rings is 3. The van der Waals surface area contributed by atoms with Crippen molar-refractivity contribution < 1.29 is 14.3 Å². The lowest BCUT2D eigenvalue weighted by Gasteiger charge is -2.19. The van der Waals surface area contributed by atoms with Crippen LogP contribution in [0.5, 0.6) is 5.75 Å². The Bertz CT molecular complexity index is 1140. The Morgan fingerprint density at radius 2 is 1.62 bits per heavy atom. The average molecular weight is 428 g/mol. The fourth-order valence-electron chi connectivity index (χ4n) is 3.46. The Labute approximate surface area is 189 Å². The van der Waals surface area contributed by atoms with Crippen molar-refractivity contribution in [1.82, 2.24) is 0 Å². The van der Waals surface area contributed by atoms with Crippen LogP contribution in [0.3, 0.4) is 0 Å². The van der Waals surface area contributed by atoms with Gasteiger partial charge in [-0.05, 0) is 53.3 Å². The van der Waals surface area contributed by atoms with Crippen molar-refractivity contribution in [2.24, 2.45) is 0 Å². The van der Waals surface area contributed by atoms with Crippen molar-refractivity contribution in [3.05, 3.63) is 107 Å². The normalized spacial score (nSPS) is 11.0. The highest BCUT2D eigenvalue weighted by molar-refractivity contribution is 6.10. The van der Waals surface area contributed by atoms with E-state index in [1.165, 1.54) is 5.56 Å². The number of hydrogen-bond donors (Lipinski definition) is 1. The molecule has 32 heavy (non-hydrogen) atoms. The zero-order chi connectivity index (χ0) is 23.3. The number of ether oxygens (including phenoxy) is 1. The molecule has 0 spiro atoms. The van der Waals surface area contributed by atoms with Crippen LogP contribution in [0.2, 0.25) is 0 Å². The summed E-state index contributed by atoms with van der Waals surface area (Å²) in [7, 11) is 1.60. The van der Waals surface area contributed by atoms with Gasteiger partial charge in [0.25, 0.3) is 5.91 Å². The summed E-state index contributed by atoms with van der Waals surface area (Å²) in [5.41, 5.74) is 4.30. The number of ketones is 1. The molecule has 0 fully saturated rings. The summed E-state index contributed by atoms with van der Waals surface area (Å²) in [6.45, 7) is 10.2. The van der Waals surface area contributed by atoms with Crippen LogP contribution in [0.4, 0.5) is 5.69 Å². The molecule has 0 heterocycles. The summed E-state index contributed by atoms with van der Waals surface area (Å²) in [6.07, 6.45) is 2.37. The van der Waals surface area contributed by atoms with Gasteiger partial charge in [0.15, 0.2) is 5.78 Å². The highest BCUT2D eigenvalue weighted by Gasteiger charge is 2.16. The van der Waals surface area contributed by atoms with Crippen LogP contribution >= 0.6 is 0 Å². The third-order valence-corrected chi connectivity index (χ3v) is 5.30. The van der Waals surface area contributed by atoms with E-state index in [1.54, 1.807) is 55.7 Å². The topological polar surface area (TPSA) is 55.4 Å². The second-order valence-corrected chi connectivity index (χ2v) is 8.71. The van der Waals surface area contributed by atoms with E-state index in [9.17, 15) is 9.59 Å². The summed E-state index contributed by atoms with van der Waals surface area (Å²) in [6, 6.07) is 20.0. The third-order valence-electron chi connectivity index (χ3n) is 5.30. The third kappa shape index (κ3) is 5.33. The van der Waals surface area contributed by atoms with Crippen molar-refractivity contribution in [2.45, 2.75) is 32.6 Å². The van der Waals surface area contributed by atoms with Gasteiger partial charge in [-0.3, -0.25) is 9.59 Å². The van der Waals surface area contributed by atoms with Gasteiger partial charge in [0.2, 0.25) is 0 Å². The first kappa shape index (κ1) is 23.0. The maximum Gasteiger partial charge on any atom is 0.255 e. The van der Waals surface area contributed by atoms with Crippen molar-refractivity contribution in [1.29, 1.82) is 0 Å². The van der Waals surface area contributed by atoms with Crippen LogP contribution in [0.1, 0.15) is 58.2 Å². The minimum absolute atomic E-state index is 0.0266. The molecule has 164 valence electrons. The predicted molar refractivity (Wildman–Crippen MR) is 130 cm³/mol. The fourth-order valence-corrected chi connectivity index (χ4v) is 3.46. The number of carbonyl (C=O) groups is 2. The van der Waals surface area contributed by atoms with E-state index in [4.69, 9.17) is 4.74 Å². The lowest BCUT2D eigenvalue weighted by molar-refractivity contribution is 0.102. The van der Waals surface area contributed by atoms with E-state index in [1.807, 2.05) is 24.3 Å². The predicted octanol–water partition coefficient (Wildman–Crippen LogP) is 6.20. The van der Waals surface area contributed by atoms with Gasteiger partial charge in [0.1, 0.15) is 5.75 Å². The Morgan fingerprint density at radius 3 is 2.25 bits per heavy atom. The van der Waals surface area contributed by atoms with Gasteiger partial charge < -0.3 is 10.1 Å². The van der Waals surface area contributed by atoms with Crippen molar-refractivity contribution in [3.8, 4) is 5.75 Å². The van der Waals surface area contributed by atoms with Crippen LogP contribution in [0.15, 0.2) is 79.4 Å². The summed E-state index contributed by atoms with van der Waals surface area (Å²) in [5, 5.41) is 2.88. The Balaban J connectivity index is 1.79. The number of rotatable bonds is 7. The molecule has 3 aromatic carbocycles. The smallest absolute Gasteiger partial charge is 0.255 e. The van der Waals surface area contributed by atoms with Crippen molar-refractivity contribution in [3.63, 3.8) is 0 Å². The Hall–Kier alpha value is -3.66. The second-order valence-electron chi connectivity index (χ2n) is 8.71. The van der Waals surface area contributed by atoms with E-state index >= 15 is 0 Å². The second kappa shape index (κ2) is 9.65. The largest absolute Gasteiger partial charge is 0.496 e. The molecule has 0 saturated heterocycles. The van der Waals surface area contributed by atoms with Crippen LogP contribution in [-0.2, 0) is 11.8 Å². The molecule has 0 aliphatic heterocycles. The molecule has 4 heteroatoms. The summed E-state index contributed by atoms with van der Waals surface area (Å²) in [4.78, 5) is 25.8. The zero-order valence-electron chi connectivity index (χ0n) is 19.1. The van der Waals surface area contributed by atoms with Gasteiger partial charge in [0.05, 0.1) is 7.11 Å². The van der Waals surface area contributed by atoms with Gasteiger partial charge in [-0.1, -0.05) is 63.2 Å². The van der Waals surface area contributed by atoms with Crippen LogP contribution in [0, 0.1) is 0 Å². The molecule has 0 atom stereocenters. The van der Waals surface area contributed by atoms with Crippen LogP contribution < -0.4 is 10.1 Å². The average Bonchev–Trinajstić information content (AvgIpc) is 2.78. The Morgan fingerprint density at radius 1 is 0.938 bits per heavy atom. The van der Waals surface area contributed by atoms with E-state index in [0.717, 1.165) is 5.56 Å². The molecule has 0 bridgehead atoms. The maximum atomic E-state index is 13.0. The highest BCUT2D eigenvalue weighted by Crippen LogP contribution is 2.24. The van der Waals surface area contributed by atoms with E-state index in [2.05, 4.69) is 32.7 Å². The lowest BCUT2D eigenvalue weighted by atomic mass is 9.86. The molecular weight excluding hydrogens is 398 g/mol. The monoisotopic (exact) mass is 427 g/mol. The van der Waals surface area contributed by atoms with E-state index in [-0.39, 0.29) is 17.1 Å². The molecule has 4 nitrogen and oxygen atoms in total. The van der Waals surface area contributed by atoms with Gasteiger partial charge in [-0.15, -0.1) is 6.58 Å². The number of anilines is 1. The van der Waals surface area contributed by atoms with E-state index < -0.39 is 0 Å². The molecule has 0 unspecified atom stereocenters. The molecular formula is C28H29NO3. The molecule has 0 saturated carbocycles. The molecule has 0 aromatic heterocycles. The van der Waals surface area contributed by atoms with Gasteiger partial charge in [-0.25, -0.2) is 0 Å². The standard InChI is InChI=1S/C28H29NO3/c1-6-8-20-17-22(13-16-25(20)32-5)27(31)29-24-10-7-9-21(18-24)26(30)19-11-14-23(15-12-19)28(2,3)4/h6-7,9-18H,1,8H2,2-5H3,(H,29,31). The van der Waals surface area contributed by atoms with E-state index in [0.29, 0.717) is 34.5 Å². The molecule has 3 aromatic rings. The number of methoxy groups -OCH3 is 1. The highest BCUT2D eigenvalue weighted by atomic mass is 16.5. The first-order valence-electron chi connectivity index (χ1n) is 10.6. The van der Waals surface area contributed by atoms with Crippen molar-refractivity contribution in [2.75, 3.05) is 12.4 Å². The number of amides is 1. The number of carbonyl (C=O) groups excluding carboxylic acids is 2. The summed E-state index contributed by atoms with van der Waals surface area (Å²) >= 11 is 0. The first-order chi connectivity index (χ1) is 15.2. The fraction of sp³-hybridized carbons (Fsp3) is 0.214. The zero-order valence-corrected chi connectivity index (χ0v) is 19.1. The molecule has 1 amide bonds. The molecule has 0 aliphatic rings. The molecule has 1 N–H and O–H groups in total. The molecule has 0 radical (unpaired) electrons. The number of allylic oxidation sites excluding steroid dienone is 1.